The van der Waals surface area contributed by atoms with Crippen LogP contribution in [0.1, 0.15) is 22.7 Å². The molecule has 2 N–H and O–H groups in total. The first-order valence-electron chi connectivity index (χ1n) is 7.83. The number of phenolic OH excluding ortho intramolecular Hbond substituents is 1. The third-order valence-corrected chi connectivity index (χ3v) is 4.59. The number of fused-ring (bicyclic) bond motifs is 2. The average molecular weight is 289 g/mol. The topological polar surface area (TPSA) is 32.3 Å². The standard InChI is InChI=1S/C20H19NO/c22-17-9-8-15-10-11-21-20(19(15)13-17)12-16-6-3-5-14-4-1-2-7-18(14)16/h1-9,13,20-22H,10-12H2/t20-/m0/s1. The molecule has 2 heteroatoms. The van der Waals surface area contributed by atoms with Crippen LogP contribution in [0.15, 0.2) is 60.7 Å². The lowest BCUT2D eigenvalue weighted by atomic mass is 9.89. The lowest BCUT2D eigenvalue weighted by Crippen LogP contribution is -2.31. The molecule has 0 saturated carbocycles. The van der Waals surface area contributed by atoms with Crippen LogP contribution >= 0.6 is 0 Å². The Morgan fingerprint density at radius 2 is 1.86 bits per heavy atom. The molecule has 2 nitrogen and oxygen atoms in total. The second-order valence-electron chi connectivity index (χ2n) is 5.98. The van der Waals surface area contributed by atoms with Gasteiger partial charge in [0.15, 0.2) is 0 Å². The Bertz CT molecular complexity index is 820. The number of hydrogen-bond acceptors (Lipinski definition) is 2. The van der Waals surface area contributed by atoms with E-state index in [1.165, 1.54) is 27.5 Å². The molecule has 0 aromatic heterocycles. The van der Waals surface area contributed by atoms with Gasteiger partial charge in [-0.25, -0.2) is 0 Å². The van der Waals surface area contributed by atoms with Gasteiger partial charge in [-0.3, -0.25) is 0 Å². The summed E-state index contributed by atoms with van der Waals surface area (Å²) < 4.78 is 0. The molecular formula is C20H19NO. The van der Waals surface area contributed by atoms with Gasteiger partial charge in [-0.15, -0.1) is 0 Å². The summed E-state index contributed by atoms with van der Waals surface area (Å²) in [4.78, 5) is 0. The van der Waals surface area contributed by atoms with Crippen LogP contribution in [0.25, 0.3) is 10.8 Å². The molecule has 1 aliphatic heterocycles. The second-order valence-corrected chi connectivity index (χ2v) is 5.98. The third kappa shape index (κ3) is 2.36. The van der Waals surface area contributed by atoms with Crippen molar-refractivity contribution in [2.45, 2.75) is 18.9 Å². The van der Waals surface area contributed by atoms with E-state index >= 15 is 0 Å². The lowest BCUT2D eigenvalue weighted by Gasteiger charge is -2.27. The Labute approximate surface area is 130 Å². The van der Waals surface area contributed by atoms with E-state index in [0.717, 1.165) is 19.4 Å². The van der Waals surface area contributed by atoms with Crippen molar-refractivity contribution in [2.24, 2.45) is 0 Å². The molecule has 0 unspecified atom stereocenters. The Morgan fingerprint density at radius 3 is 2.82 bits per heavy atom. The maximum absolute atomic E-state index is 9.82. The van der Waals surface area contributed by atoms with Gasteiger partial charge >= 0.3 is 0 Å². The number of nitrogens with one attached hydrogen (secondary N) is 1. The Hall–Kier alpha value is -2.32. The molecular weight excluding hydrogens is 270 g/mol. The van der Waals surface area contributed by atoms with Gasteiger partial charge in [0, 0.05) is 6.04 Å². The molecule has 1 aliphatic rings. The molecule has 0 fully saturated rings. The van der Waals surface area contributed by atoms with Crippen molar-refractivity contribution in [3.63, 3.8) is 0 Å². The monoisotopic (exact) mass is 289 g/mol. The summed E-state index contributed by atoms with van der Waals surface area (Å²) >= 11 is 0. The van der Waals surface area contributed by atoms with Crippen LogP contribution in [0.2, 0.25) is 0 Å². The number of hydrogen-bond donors (Lipinski definition) is 2. The third-order valence-electron chi connectivity index (χ3n) is 4.59. The van der Waals surface area contributed by atoms with E-state index in [9.17, 15) is 5.11 Å². The molecule has 3 aromatic carbocycles. The van der Waals surface area contributed by atoms with Gasteiger partial charge in [0.25, 0.3) is 0 Å². The predicted octanol–water partition coefficient (Wildman–Crippen LogP) is 3.97. The van der Waals surface area contributed by atoms with E-state index in [2.05, 4.69) is 53.8 Å². The average Bonchev–Trinajstić information content (AvgIpc) is 2.56. The van der Waals surface area contributed by atoms with Crippen molar-refractivity contribution in [2.75, 3.05) is 6.54 Å². The maximum atomic E-state index is 9.82. The molecule has 0 saturated heterocycles. The highest BCUT2D eigenvalue weighted by Crippen LogP contribution is 2.30. The van der Waals surface area contributed by atoms with Crippen molar-refractivity contribution in [1.29, 1.82) is 0 Å². The molecule has 0 aliphatic carbocycles. The van der Waals surface area contributed by atoms with E-state index in [-0.39, 0.29) is 6.04 Å². The Balaban J connectivity index is 1.74. The van der Waals surface area contributed by atoms with Crippen molar-refractivity contribution in [3.05, 3.63) is 77.4 Å². The van der Waals surface area contributed by atoms with Gasteiger partial charge in [0.05, 0.1) is 0 Å². The van der Waals surface area contributed by atoms with Gasteiger partial charge in [0.1, 0.15) is 5.75 Å². The fraction of sp³-hybridized carbons (Fsp3) is 0.200. The Kier molecular flexibility index (Phi) is 3.32. The first-order valence-corrected chi connectivity index (χ1v) is 7.83. The molecule has 0 radical (unpaired) electrons. The highest BCUT2D eigenvalue weighted by molar-refractivity contribution is 5.85. The molecule has 110 valence electrons. The highest BCUT2D eigenvalue weighted by Gasteiger charge is 2.21. The highest BCUT2D eigenvalue weighted by atomic mass is 16.3. The van der Waals surface area contributed by atoms with Gasteiger partial charge in [-0.1, -0.05) is 48.5 Å². The first-order chi connectivity index (χ1) is 10.8. The van der Waals surface area contributed by atoms with Crippen molar-refractivity contribution in [3.8, 4) is 5.75 Å². The number of rotatable bonds is 2. The van der Waals surface area contributed by atoms with E-state index in [4.69, 9.17) is 0 Å². The van der Waals surface area contributed by atoms with Crippen LogP contribution in [0.3, 0.4) is 0 Å². The van der Waals surface area contributed by atoms with Crippen LogP contribution in [0, 0.1) is 0 Å². The maximum Gasteiger partial charge on any atom is 0.115 e. The zero-order valence-electron chi connectivity index (χ0n) is 12.4. The predicted molar refractivity (Wildman–Crippen MR) is 90.2 cm³/mol. The number of aromatic hydroxyl groups is 1. The van der Waals surface area contributed by atoms with E-state index in [1.807, 2.05) is 6.07 Å². The van der Waals surface area contributed by atoms with Crippen molar-refractivity contribution >= 4 is 10.8 Å². The summed E-state index contributed by atoms with van der Waals surface area (Å²) in [6.07, 6.45) is 1.97. The molecule has 4 rings (SSSR count). The summed E-state index contributed by atoms with van der Waals surface area (Å²) in [6, 6.07) is 21.1. The fourth-order valence-corrected chi connectivity index (χ4v) is 3.50. The van der Waals surface area contributed by atoms with Gasteiger partial charge in [0.2, 0.25) is 0 Å². The van der Waals surface area contributed by atoms with E-state index in [1.54, 1.807) is 6.07 Å². The summed E-state index contributed by atoms with van der Waals surface area (Å²) in [5.74, 6) is 0.352. The zero-order valence-corrected chi connectivity index (χ0v) is 12.4. The second kappa shape index (κ2) is 5.47. The van der Waals surface area contributed by atoms with Crippen LogP contribution in [0.5, 0.6) is 5.75 Å². The number of benzene rings is 3. The summed E-state index contributed by atoms with van der Waals surface area (Å²) in [6.45, 7) is 0.993. The van der Waals surface area contributed by atoms with E-state index < -0.39 is 0 Å². The van der Waals surface area contributed by atoms with Crippen LogP contribution in [0.4, 0.5) is 0 Å². The minimum absolute atomic E-state index is 0.265. The van der Waals surface area contributed by atoms with Gasteiger partial charge < -0.3 is 10.4 Å². The molecule has 1 atom stereocenters. The van der Waals surface area contributed by atoms with Gasteiger partial charge in [-0.05, 0) is 59.0 Å². The first kappa shape index (κ1) is 13.4. The van der Waals surface area contributed by atoms with Crippen LogP contribution in [-0.4, -0.2) is 11.7 Å². The van der Waals surface area contributed by atoms with Crippen LogP contribution in [-0.2, 0) is 12.8 Å². The smallest absolute Gasteiger partial charge is 0.115 e. The SMILES string of the molecule is Oc1ccc2c(c1)[C@H](Cc1cccc3ccccc13)NCC2. The molecule has 0 spiro atoms. The van der Waals surface area contributed by atoms with Crippen molar-refractivity contribution < 1.29 is 5.11 Å². The Morgan fingerprint density at radius 1 is 1.00 bits per heavy atom. The quantitative estimate of drug-likeness (QED) is 0.748. The van der Waals surface area contributed by atoms with E-state index in [0.29, 0.717) is 5.75 Å². The minimum Gasteiger partial charge on any atom is -0.508 e. The summed E-state index contributed by atoms with van der Waals surface area (Å²) in [5.41, 5.74) is 3.94. The molecule has 0 bridgehead atoms. The zero-order chi connectivity index (χ0) is 14.9. The van der Waals surface area contributed by atoms with Crippen LogP contribution < -0.4 is 5.32 Å². The number of phenols is 1. The molecule has 22 heavy (non-hydrogen) atoms. The largest absolute Gasteiger partial charge is 0.508 e. The normalized spacial score (nSPS) is 17.4. The molecule has 0 amide bonds. The molecule has 1 heterocycles. The lowest BCUT2D eigenvalue weighted by molar-refractivity contribution is 0.463. The fourth-order valence-electron chi connectivity index (χ4n) is 3.50. The van der Waals surface area contributed by atoms with Gasteiger partial charge in [-0.2, -0.15) is 0 Å². The van der Waals surface area contributed by atoms with Crippen molar-refractivity contribution in [1.82, 2.24) is 5.32 Å². The molecule has 3 aromatic rings. The minimum atomic E-state index is 0.265. The summed E-state index contributed by atoms with van der Waals surface area (Å²) in [7, 11) is 0. The summed E-state index contributed by atoms with van der Waals surface area (Å²) in [5, 5.41) is 16.0.